The van der Waals surface area contributed by atoms with Crippen LogP contribution in [0.1, 0.15) is 54.4 Å². The summed E-state index contributed by atoms with van der Waals surface area (Å²) in [6.07, 6.45) is -1.78. The maximum absolute atomic E-state index is 6.24. The Balaban J connectivity index is 5.55. The Labute approximate surface area is 182 Å². The molecule has 0 spiro atoms. The first-order valence-electron chi connectivity index (χ1n) is 10.4. The molecule has 0 saturated carbocycles. The third-order valence-corrected chi connectivity index (χ3v) is 7.16. The molecule has 11 heteroatoms. The molecule has 6 unspecified atom stereocenters. The molecule has 0 fully saturated rings. The van der Waals surface area contributed by atoms with Gasteiger partial charge in [0, 0.05) is 27.4 Å². The number of rotatable bonds is 19. The van der Waals surface area contributed by atoms with Crippen molar-refractivity contribution >= 4 is 8.80 Å². The second-order valence-electron chi connectivity index (χ2n) is 6.80. The minimum Gasteiger partial charge on any atom is -0.356 e. The summed E-state index contributed by atoms with van der Waals surface area (Å²) in [7, 11) is 1.31. The van der Waals surface area contributed by atoms with E-state index in [0.29, 0.717) is 12.6 Å². The summed E-state index contributed by atoms with van der Waals surface area (Å²) in [6.45, 7) is 11.2. The lowest BCUT2D eigenvalue weighted by atomic mass is 10.3. The molecule has 10 nitrogen and oxygen atoms in total. The van der Waals surface area contributed by atoms with Crippen LogP contribution < -0.4 is 5.73 Å². The molecular formula is C19H43NO9Si. The van der Waals surface area contributed by atoms with Crippen LogP contribution in [0.2, 0.25) is 6.04 Å². The normalized spacial score (nSPS) is 20.2. The van der Waals surface area contributed by atoms with Crippen LogP contribution in [-0.4, -0.2) is 74.4 Å². The largest absolute Gasteiger partial charge is 0.506 e. The highest BCUT2D eigenvalue weighted by Crippen LogP contribution is 2.26. The van der Waals surface area contributed by atoms with Gasteiger partial charge in [-0.1, -0.05) is 0 Å². The SMILES string of the molecule is COC(C)OC(C)O[Si](CCCCN)(OC(C)OC(C)OC)OC(C)OC(C)OC. The number of nitrogens with two attached hydrogens (primary N) is 1. The van der Waals surface area contributed by atoms with Gasteiger partial charge in [-0.2, -0.15) is 0 Å². The van der Waals surface area contributed by atoms with Crippen molar-refractivity contribution in [1.82, 2.24) is 0 Å². The van der Waals surface area contributed by atoms with E-state index in [1.807, 2.05) is 0 Å². The zero-order valence-corrected chi connectivity index (χ0v) is 21.0. The Kier molecular flexibility index (Phi) is 16.3. The van der Waals surface area contributed by atoms with E-state index in [1.165, 1.54) is 0 Å². The molecule has 0 saturated heterocycles. The summed E-state index contributed by atoms with van der Waals surface area (Å²) in [6, 6.07) is 0.503. The van der Waals surface area contributed by atoms with Crippen LogP contribution >= 0.6 is 0 Å². The maximum atomic E-state index is 6.24. The van der Waals surface area contributed by atoms with Gasteiger partial charge in [-0.05, 0) is 60.9 Å². The molecule has 30 heavy (non-hydrogen) atoms. The van der Waals surface area contributed by atoms with E-state index in [1.54, 1.807) is 62.9 Å². The van der Waals surface area contributed by atoms with Crippen molar-refractivity contribution in [2.45, 2.75) is 98.2 Å². The highest BCUT2D eigenvalue weighted by atomic mass is 28.4. The Hall–Kier alpha value is -0.183. The van der Waals surface area contributed by atoms with Gasteiger partial charge >= 0.3 is 8.80 Å². The van der Waals surface area contributed by atoms with Gasteiger partial charge in [-0.25, -0.2) is 0 Å². The Morgan fingerprint density at radius 3 is 1.17 bits per heavy atom. The van der Waals surface area contributed by atoms with Crippen LogP contribution in [-0.2, 0) is 41.7 Å². The minimum atomic E-state index is -3.36. The van der Waals surface area contributed by atoms with Crippen molar-refractivity contribution in [3.8, 4) is 0 Å². The average molecular weight is 458 g/mol. The number of hydrogen-bond acceptors (Lipinski definition) is 10. The molecule has 6 atom stereocenters. The lowest BCUT2D eigenvalue weighted by Gasteiger charge is -2.37. The topological polar surface area (TPSA) is 109 Å². The first-order chi connectivity index (χ1) is 14.1. The first kappa shape index (κ1) is 29.8. The number of unbranched alkanes of at least 4 members (excludes halogenated alkanes) is 1. The molecule has 0 radical (unpaired) electrons. The van der Waals surface area contributed by atoms with Crippen molar-refractivity contribution in [3.63, 3.8) is 0 Å². The quantitative estimate of drug-likeness (QED) is 0.177. The fourth-order valence-electron chi connectivity index (χ4n) is 2.56. The van der Waals surface area contributed by atoms with Crippen LogP contribution in [0.5, 0.6) is 0 Å². The van der Waals surface area contributed by atoms with Gasteiger partial charge in [0.15, 0.2) is 37.7 Å². The van der Waals surface area contributed by atoms with Gasteiger partial charge in [0.05, 0.1) is 0 Å². The van der Waals surface area contributed by atoms with Crippen molar-refractivity contribution in [2.24, 2.45) is 5.73 Å². The maximum Gasteiger partial charge on any atom is 0.506 e. The summed E-state index contributed by atoms with van der Waals surface area (Å²) >= 11 is 0. The van der Waals surface area contributed by atoms with Crippen LogP contribution in [0.3, 0.4) is 0 Å². The number of hydrogen-bond donors (Lipinski definition) is 1. The average Bonchev–Trinajstić information content (AvgIpc) is 2.67. The molecule has 0 aromatic rings. The Bertz CT molecular complexity index is 371. The predicted molar refractivity (Wildman–Crippen MR) is 113 cm³/mol. The summed E-state index contributed by atoms with van der Waals surface area (Å²) in [5.74, 6) is 0. The summed E-state index contributed by atoms with van der Waals surface area (Å²) < 4.78 is 51.3. The lowest BCUT2D eigenvalue weighted by molar-refractivity contribution is -0.251. The van der Waals surface area contributed by atoms with E-state index in [-0.39, 0.29) is 0 Å². The van der Waals surface area contributed by atoms with E-state index in [0.717, 1.165) is 12.8 Å². The molecule has 182 valence electrons. The molecule has 0 aromatic carbocycles. The van der Waals surface area contributed by atoms with E-state index < -0.39 is 46.5 Å². The van der Waals surface area contributed by atoms with Crippen molar-refractivity contribution in [1.29, 1.82) is 0 Å². The van der Waals surface area contributed by atoms with Crippen LogP contribution in [0.25, 0.3) is 0 Å². The molecule has 0 heterocycles. The molecule has 0 amide bonds. The zero-order valence-electron chi connectivity index (χ0n) is 20.0. The summed E-state index contributed by atoms with van der Waals surface area (Å²) in [5.41, 5.74) is 5.68. The fraction of sp³-hybridized carbons (Fsp3) is 1.00. The summed E-state index contributed by atoms with van der Waals surface area (Å²) in [4.78, 5) is 0. The standard InChI is InChI=1S/C19H43NO9Si/c1-14(21-7)24-17(4)27-30(13-11-10-12-20,28-18(5)25-15(2)22-8)29-19(6)26-16(3)23-9/h14-19H,10-13,20H2,1-9H3. The third kappa shape index (κ3) is 13.3. The Morgan fingerprint density at radius 1 is 0.567 bits per heavy atom. The molecule has 0 aromatic heterocycles. The third-order valence-electron chi connectivity index (χ3n) is 4.12. The van der Waals surface area contributed by atoms with Gasteiger partial charge in [-0.15, -0.1) is 0 Å². The van der Waals surface area contributed by atoms with Crippen LogP contribution in [0.4, 0.5) is 0 Å². The molecule has 0 aliphatic carbocycles. The monoisotopic (exact) mass is 457 g/mol. The van der Waals surface area contributed by atoms with Gasteiger partial charge in [0.1, 0.15) is 0 Å². The van der Waals surface area contributed by atoms with E-state index >= 15 is 0 Å². The number of ether oxygens (including phenoxy) is 6. The molecular weight excluding hydrogens is 414 g/mol. The molecule has 0 aliphatic heterocycles. The lowest BCUT2D eigenvalue weighted by Crippen LogP contribution is -2.53. The van der Waals surface area contributed by atoms with Gasteiger partial charge in [0.25, 0.3) is 0 Å². The van der Waals surface area contributed by atoms with Crippen LogP contribution in [0, 0.1) is 0 Å². The second kappa shape index (κ2) is 16.5. The smallest absolute Gasteiger partial charge is 0.356 e. The summed E-state index contributed by atoms with van der Waals surface area (Å²) in [5, 5.41) is 0. The highest BCUT2D eigenvalue weighted by Gasteiger charge is 2.46. The fourth-order valence-corrected chi connectivity index (χ4v) is 5.45. The van der Waals surface area contributed by atoms with E-state index in [9.17, 15) is 0 Å². The Morgan fingerprint density at radius 2 is 0.900 bits per heavy atom. The van der Waals surface area contributed by atoms with E-state index in [2.05, 4.69) is 0 Å². The molecule has 0 bridgehead atoms. The zero-order chi connectivity index (χ0) is 23.2. The van der Waals surface area contributed by atoms with E-state index in [4.69, 9.17) is 47.4 Å². The predicted octanol–water partition coefficient (Wildman–Crippen LogP) is 2.78. The first-order valence-corrected chi connectivity index (χ1v) is 12.3. The molecule has 2 N–H and O–H groups in total. The molecule has 0 rings (SSSR count). The number of methoxy groups -OCH3 is 3. The van der Waals surface area contributed by atoms with Gasteiger partial charge in [0.2, 0.25) is 0 Å². The van der Waals surface area contributed by atoms with Crippen LogP contribution in [0.15, 0.2) is 0 Å². The van der Waals surface area contributed by atoms with Crippen molar-refractivity contribution < 1.29 is 41.7 Å². The molecule has 0 aliphatic rings. The highest BCUT2D eigenvalue weighted by molar-refractivity contribution is 6.60. The van der Waals surface area contributed by atoms with Gasteiger partial charge < -0.3 is 47.4 Å². The second-order valence-corrected chi connectivity index (χ2v) is 9.38. The van der Waals surface area contributed by atoms with Gasteiger partial charge in [-0.3, -0.25) is 0 Å². The van der Waals surface area contributed by atoms with Crippen molar-refractivity contribution in [2.75, 3.05) is 27.9 Å². The van der Waals surface area contributed by atoms with Crippen molar-refractivity contribution in [3.05, 3.63) is 0 Å². The minimum absolute atomic E-state index is 0.458.